The Morgan fingerprint density at radius 2 is 2.00 bits per heavy atom. The van der Waals surface area contributed by atoms with Crippen molar-refractivity contribution in [2.75, 3.05) is 7.11 Å². The van der Waals surface area contributed by atoms with Gasteiger partial charge in [-0.25, -0.2) is 4.79 Å². The highest BCUT2D eigenvalue weighted by Gasteiger charge is 2.58. The second kappa shape index (κ2) is 6.91. The van der Waals surface area contributed by atoms with Crippen LogP contribution in [-0.4, -0.2) is 35.7 Å². The summed E-state index contributed by atoms with van der Waals surface area (Å²) < 4.78 is 15.8. The van der Waals surface area contributed by atoms with Gasteiger partial charge in [0.1, 0.15) is 17.6 Å². The first-order valence-electron chi connectivity index (χ1n) is 9.10. The molecule has 1 saturated heterocycles. The predicted molar refractivity (Wildman–Crippen MR) is 97.2 cm³/mol. The lowest BCUT2D eigenvalue weighted by atomic mass is 9.66. The van der Waals surface area contributed by atoms with Crippen molar-refractivity contribution in [1.82, 2.24) is 0 Å². The number of carbonyl (C=O) groups is 2. The Morgan fingerprint density at radius 3 is 2.71 bits per heavy atom. The molecule has 146 valence electrons. The van der Waals surface area contributed by atoms with E-state index in [2.05, 4.69) is 0 Å². The van der Waals surface area contributed by atoms with Gasteiger partial charge in [-0.3, -0.25) is 9.59 Å². The Labute approximate surface area is 160 Å². The normalized spacial score (nSPS) is 28.6. The zero-order valence-corrected chi connectivity index (χ0v) is 15.3. The summed E-state index contributed by atoms with van der Waals surface area (Å²) in [5.74, 6) is -1.90. The second-order valence-electron chi connectivity index (χ2n) is 7.37. The van der Waals surface area contributed by atoms with Crippen LogP contribution in [0.3, 0.4) is 0 Å². The van der Waals surface area contributed by atoms with Crippen LogP contribution < -0.4 is 10.4 Å². The number of esters is 1. The monoisotopic (exact) mass is 384 g/mol. The zero-order valence-electron chi connectivity index (χ0n) is 15.3. The lowest BCUT2D eigenvalue weighted by Crippen LogP contribution is -2.47. The molecule has 2 aromatic rings. The number of benzene rings is 1. The van der Waals surface area contributed by atoms with E-state index in [-0.39, 0.29) is 30.1 Å². The van der Waals surface area contributed by atoms with E-state index in [0.717, 1.165) is 0 Å². The molecule has 7 heteroatoms. The molecule has 2 fully saturated rings. The number of ketones is 1. The van der Waals surface area contributed by atoms with Crippen LogP contribution in [0.4, 0.5) is 0 Å². The average molecular weight is 384 g/mol. The van der Waals surface area contributed by atoms with Gasteiger partial charge in [0.15, 0.2) is 5.78 Å². The van der Waals surface area contributed by atoms with Crippen molar-refractivity contribution in [3.8, 4) is 5.75 Å². The Kier molecular flexibility index (Phi) is 4.55. The number of fused-ring (bicyclic) bond motifs is 2. The number of rotatable bonds is 5. The molecule has 1 aliphatic carbocycles. The molecule has 0 spiro atoms. The maximum absolute atomic E-state index is 12.8. The van der Waals surface area contributed by atoms with Crippen molar-refractivity contribution in [3.63, 3.8) is 0 Å². The lowest BCUT2D eigenvalue weighted by molar-refractivity contribution is -0.143. The fourth-order valence-corrected chi connectivity index (χ4v) is 4.37. The van der Waals surface area contributed by atoms with E-state index in [1.54, 1.807) is 30.3 Å². The molecule has 2 aliphatic rings. The second-order valence-corrected chi connectivity index (χ2v) is 7.37. The molecule has 4 rings (SSSR count). The molecule has 1 aromatic heterocycles. The highest BCUT2D eigenvalue weighted by Crippen LogP contribution is 2.51. The minimum absolute atomic E-state index is 0.0966. The van der Waals surface area contributed by atoms with Gasteiger partial charge >= 0.3 is 11.6 Å². The Balaban J connectivity index is 1.75. The summed E-state index contributed by atoms with van der Waals surface area (Å²) in [6.07, 6.45) is -0.169. The summed E-state index contributed by atoms with van der Waals surface area (Å²) >= 11 is 0. The van der Waals surface area contributed by atoms with Gasteiger partial charge in [0.2, 0.25) is 0 Å². The van der Waals surface area contributed by atoms with Crippen LogP contribution in [0.5, 0.6) is 5.75 Å². The summed E-state index contributed by atoms with van der Waals surface area (Å²) in [7, 11) is 1.41. The molecule has 1 saturated carbocycles. The van der Waals surface area contributed by atoms with Crippen molar-refractivity contribution in [3.05, 3.63) is 64.2 Å². The first-order valence-corrected chi connectivity index (χ1v) is 9.10. The molecular formula is C21H20O7. The first-order chi connectivity index (χ1) is 13.4. The molecule has 7 nitrogen and oxygen atoms in total. The van der Waals surface area contributed by atoms with Gasteiger partial charge in [0.25, 0.3) is 0 Å². The Morgan fingerprint density at radius 1 is 1.25 bits per heavy atom. The van der Waals surface area contributed by atoms with Crippen molar-refractivity contribution in [1.29, 1.82) is 0 Å². The number of carbonyl (C=O) groups excluding carboxylic acids is 2. The van der Waals surface area contributed by atoms with E-state index in [4.69, 9.17) is 13.9 Å². The predicted octanol–water partition coefficient (Wildman–Crippen LogP) is 2.07. The molecule has 1 N–H and O–H groups in total. The SMILES string of the molecule is COc1cc([C@H]2[C@@H]3C[C@H](C[C@@]2(O)CC(=O)c2ccccc2)OC3=O)oc(=O)c1. The maximum atomic E-state index is 12.8. The minimum atomic E-state index is -1.59. The smallest absolute Gasteiger partial charge is 0.339 e. The van der Waals surface area contributed by atoms with E-state index >= 15 is 0 Å². The maximum Gasteiger partial charge on any atom is 0.339 e. The van der Waals surface area contributed by atoms with Crippen LogP contribution in [0.15, 0.2) is 51.7 Å². The van der Waals surface area contributed by atoms with Crippen LogP contribution >= 0.6 is 0 Å². The minimum Gasteiger partial charge on any atom is -0.496 e. The van der Waals surface area contributed by atoms with E-state index in [1.165, 1.54) is 19.2 Å². The Bertz CT molecular complexity index is 964. The van der Waals surface area contributed by atoms with Gasteiger partial charge in [-0.2, -0.15) is 0 Å². The van der Waals surface area contributed by atoms with Crippen LogP contribution in [0, 0.1) is 5.92 Å². The van der Waals surface area contributed by atoms with E-state index in [9.17, 15) is 19.5 Å². The summed E-state index contributed by atoms with van der Waals surface area (Å²) in [6, 6.07) is 11.3. The van der Waals surface area contributed by atoms with E-state index in [1.807, 2.05) is 0 Å². The number of ether oxygens (including phenoxy) is 2. The zero-order chi connectivity index (χ0) is 19.9. The fraction of sp³-hybridized carbons (Fsp3) is 0.381. The first kappa shape index (κ1) is 18.4. The standard InChI is InChI=1S/C21H20O7/c1-26-13-8-17(28-18(23)9-13)19-15-7-14(27-20(15)24)10-21(19,25)11-16(22)12-5-3-2-4-6-12/h2-6,8-9,14-15,19,25H,7,10-11H2,1H3/t14-,15+,19-,21-/m1/s1. The van der Waals surface area contributed by atoms with Crippen LogP contribution in [0.25, 0.3) is 0 Å². The number of hydrogen-bond acceptors (Lipinski definition) is 7. The highest BCUT2D eigenvalue weighted by molar-refractivity contribution is 5.97. The average Bonchev–Trinajstić information content (AvgIpc) is 2.96. The number of Topliss-reactive ketones (excluding diaryl/α,β-unsaturated/α-hetero) is 1. The van der Waals surface area contributed by atoms with Crippen molar-refractivity contribution < 1.29 is 28.6 Å². The van der Waals surface area contributed by atoms with Gasteiger partial charge < -0.3 is 19.0 Å². The lowest BCUT2D eigenvalue weighted by Gasteiger charge is -2.40. The van der Waals surface area contributed by atoms with Gasteiger partial charge in [-0.15, -0.1) is 0 Å². The molecule has 1 aliphatic heterocycles. The molecule has 0 radical (unpaired) electrons. The molecule has 2 heterocycles. The van der Waals surface area contributed by atoms with Crippen LogP contribution in [0.2, 0.25) is 0 Å². The van der Waals surface area contributed by atoms with Gasteiger partial charge in [-0.1, -0.05) is 30.3 Å². The van der Waals surface area contributed by atoms with Gasteiger partial charge in [-0.05, 0) is 6.42 Å². The molecule has 0 unspecified atom stereocenters. The third kappa shape index (κ3) is 3.22. The molecule has 1 aromatic carbocycles. The van der Waals surface area contributed by atoms with Crippen molar-refractivity contribution in [2.45, 2.75) is 36.9 Å². The molecule has 4 atom stereocenters. The third-order valence-corrected chi connectivity index (χ3v) is 5.53. The van der Waals surface area contributed by atoms with E-state index in [0.29, 0.717) is 12.0 Å². The summed E-state index contributed by atoms with van der Waals surface area (Å²) in [5, 5.41) is 11.5. The largest absolute Gasteiger partial charge is 0.496 e. The third-order valence-electron chi connectivity index (χ3n) is 5.53. The van der Waals surface area contributed by atoms with E-state index < -0.39 is 35.1 Å². The Hall–Kier alpha value is -2.93. The highest BCUT2D eigenvalue weighted by atomic mass is 16.6. The van der Waals surface area contributed by atoms with Crippen molar-refractivity contribution in [2.24, 2.45) is 5.92 Å². The topological polar surface area (TPSA) is 103 Å². The number of aliphatic hydroxyl groups is 1. The van der Waals surface area contributed by atoms with Crippen molar-refractivity contribution >= 4 is 11.8 Å². The molecule has 28 heavy (non-hydrogen) atoms. The summed E-state index contributed by atoms with van der Waals surface area (Å²) in [5.41, 5.74) is -1.78. The van der Waals surface area contributed by atoms with Crippen LogP contribution in [0.1, 0.15) is 41.3 Å². The van der Waals surface area contributed by atoms with Crippen LogP contribution in [-0.2, 0) is 9.53 Å². The molecule has 0 amide bonds. The summed E-state index contributed by atoms with van der Waals surface area (Å²) in [6.45, 7) is 0. The number of methoxy groups -OCH3 is 1. The quantitative estimate of drug-likeness (QED) is 0.622. The summed E-state index contributed by atoms with van der Waals surface area (Å²) in [4.78, 5) is 37.1. The fourth-order valence-electron chi connectivity index (χ4n) is 4.37. The van der Waals surface area contributed by atoms with Gasteiger partial charge in [0, 0.05) is 24.5 Å². The van der Waals surface area contributed by atoms with Gasteiger partial charge in [0.05, 0.1) is 30.6 Å². The molecule has 2 bridgehead atoms. The number of hydrogen-bond donors (Lipinski definition) is 1. The molecular weight excluding hydrogens is 364 g/mol.